The molecule has 2 rings (SSSR count). The van der Waals surface area contributed by atoms with Crippen molar-refractivity contribution in [3.63, 3.8) is 0 Å². The molecule has 2 aromatic carbocycles. The van der Waals surface area contributed by atoms with E-state index in [4.69, 9.17) is 17.3 Å². The molecule has 0 bridgehead atoms. The van der Waals surface area contributed by atoms with Gasteiger partial charge < -0.3 is 10.6 Å². The summed E-state index contributed by atoms with van der Waals surface area (Å²) in [6, 6.07) is 10.1. The molecule has 0 saturated carbocycles. The van der Waals surface area contributed by atoms with E-state index in [0.717, 1.165) is 5.69 Å². The second-order valence-corrected chi connectivity index (χ2v) is 4.98. The first-order valence-electron chi connectivity index (χ1n) is 6.15. The van der Waals surface area contributed by atoms with Gasteiger partial charge in [-0.3, -0.25) is 0 Å². The van der Waals surface area contributed by atoms with Gasteiger partial charge in [0.1, 0.15) is 11.6 Å². The Balaban J connectivity index is 2.33. The number of nitrogens with two attached hydrogens (primary N) is 1. The first-order chi connectivity index (χ1) is 9.51. The van der Waals surface area contributed by atoms with Crippen molar-refractivity contribution in [1.29, 1.82) is 0 Å². The summed E-state index contributed by atoms with van der Waals surface area (Å²) < 4.78 is 26.4. The molecule has 0 amide bonds. The minimum absolute atomic E-state index is 0.242. The molecule has 106 valence electrons. The van der Waals surface area contributed by atoms with Gasteiger partial charge >= 0.3 is 0 Å². The highest BCUT2D eigenvalue weighted by molar-refractivity contribution is 6.30. The Labute approximate surface area is 121 Å². The maximum atomic E-state index is 13.5. The fourth-order valence-corrected chi connectivity index (χ4v) is 2.37. The number of likely N-dealkylation sites (N-methyl/N-ethyl adjacent to an activating group) is 1. The molecule has 2 N–H and O–H groups in total. The van der Waals surface area contributed by atoms with Crippen LogP contribution in [-0.2, 0) is 0 Å². The number of rotatable bonds is 4. The smallest absolute Gasteiger partial charge is 0.125 e. The van der Waals surface area contributed by atoms with Gasteiger partial charge in [-0.1, -0.05) is 11.6 Å². The second-order valence-electron chi connectivity index (χ2n) is 4.54. The summed E-state index contributed by atoms with van der Waals surface area (Å²) in [5.74, 6) is -0.710. The van der Waals surface area contributed by atoms with Crippen LogP contribution in [0.25, 0.3) is 0 Å². The molecule has 0 saturated heterocycles. The van der Waals surface area contributed by atoms with Crippen LogP contribution in [0, 0.1) is 11.6 Å². The van der Waals surface area contributed by atoms with Crippen molar-refractivity contribution < 1.29 is 8.78 Å². The highest BCUT2D eigenvalue weighted by atomic mass is 35.5. The van der Waals surface area contributed by atoms with E-state index < -0.39 is 5.82 Å². The van der Waals surface area contributed by atoms with Gasteiger partial charge in [-0.15, -0.1) is 0 Å². The summed E-state index contributed by atoms with van der Waals surface area (Å²) >= 11 is 5.87. The molecule has 2 aromatic rings. The summed E-state index contributed by atoms with van der Waals surface area (Å²) in [6.07, 6.45) is 0. The molecule has 0 spiro atoms. The maximum absolute atomic E-state index is 13.5. The Bertz CT molecular complexity index is 567. The minimum atomic E-state index is -0.404. The van der Waals surface area contributed by atoms with Gasteiger partial charge in [0.25, 0.3) is 0 Å². The lowest BCUT2D eigenvalue weighted by Gasteiger charge is -2.29. The van der Waals surface area contributed by atoms with Crippen LogP contribution in [0.3, 0.4) is 0 Å². The largest absolute Gasteiger partial charge is 0.366 e. The van der Waals surface area contributed by atoms with Crippen molar-refractivity contribution >= 4 is 17.3 Å². The third-order valence-corrected chi connectivity index (χ3v) is 3.41. The molecule has 0 heterocycles. The van der Waals surface area contributed by atoms with E-state index in [9.17, 15) is 8.78 Å². The van der Waals surface area contributed by atoms with Gasteiger partial charge in [-0.25, -0.2) is 8.78 Å². The molecule has 0 aromatic heterocycles. The zero-order valence-corrected chi connectivity index (χ0v) is 11.7. The standard InChI is InChI=1S/C15H15ClF2N2/c1-20(14-4-2-12(17)3-5-14)15(9-19)10-6-11(16)8-13(18)7-10/h2-8,15H,9,19H2,1H3. The topological polar surface area (TPSA) is 29.3 Å². The molecule has 0 fully saturated rings. The fraction of sp³-hybridized carbons (Fsp3) is 0.200. The van der Waals surface area contributed by atoms with Crippen LogP contribution < -0.4 is 10.6 Å². The molecule has 0 aliphatic heterocycles. The van der Waals surface area contributed by atoms with Crippen molar-refractivity contribution in [1.82, 2.24) is 0 Å². The Morgan fingerprint density at radius 1 is 1.10 bits per heavy atom. The number of hydrogen-bond acceptors (Lipinski definition) is 2. The Morgan fingerprint density at radius 3 is 2.30 bits per heavy atom. The minimum Gasteiger partial charge on any atom is -0.366 e. The normalized spacial score (nSPS) is 12.2. The predicted octanol–water partition coefficient (Wildman–Crippen LogP) is 3.75. The lowest BCUT2D eigenvalue weighted by Crippen LogP contribution is -2.30. The molecular formula is C15H15ClF2N2. The van der Waals surface area contributed by atoms with E-state index in [1.54, 1.807) is 18.2 Å². The average Bonchev–Trinajstić information content (AvgIpc) is 2.39. The summed E-state index contributed by atoms with van der Waals surface area (Å²) in [5.41, 5.74) is 7.27. The third kappa shape index (κ3) is 3.26. The average molecular weight is 297 g/mol. The van der Waals surface area contributed by atoms with Crippen molar-refractivity contribution in [2.45, 2.75) is 6.04 Å². The SMILES string of the molecule is CN(c1ccc(F)cc1)C(CN)c1cc(F)cc(Cl)c1. The van der Waals surface area contributed by atoms with E-state index in [1.807, 2.05) is 11.9 Å². The molecule has 0 aliphatic rings. The first-order valence-corrected chi connectivity index (χ1v) is 6.53. The molecule has 0 aliphatic carbocycles. The summed E-state index contributed by atoms with van der Waals surface area (Å²) in [7, 11) is 1.82. The fourth-order valence-electron chi connectivity index (χ4n) is 2.14. The highest BCUT2D eigenvalue weighted by Gasteiger charge is 2.17. The van der Waals surface area contributed by atoms with Gasteiger partial charge in [0, 0.05) is 24.3 Å². The van der Waals surface area contributed by atoms with Gasteiger partial charge in [0.2, 0.25) is 0 Å². The number of anilines is 1. The van der Waals surface area contributed by atoms with E-state index >= 15 is 0 Å². The Morgan fingerprint density at radius 2 is 1.75 bits per heavy atom. The van der Waals surface area contributed by atoms with Gasteiger partial charge in [0.05, 0.1) is 6.04 Å². The zero-order valence-electron chi connectivity index (χ0n) is 11.0. The zero-order chi connectivity index (χ0) is 14.7. The van der Waals surface area contributed by atoms with Crippen LogP contribution >= 0.6 is 11.6 Å². The number of hydrogen-bond donors (Lipinski definition) is 1. The first kappa shape index (κ1) is 14.8. The number of nitrogens with zero attached hydrogens (tertiary/aromatic N) is 1. The van der Waals surface area contributed by atoms with Crippen molar-refractivity contribution in [2.75, 3.05) is 18.5 Å². The van der Waals surface area contributed by atoms with E-state index in [-0.39, 0.29) is 18.4 Å². The highest BCUT2D eigenvalue weighted by Crippen LogP contribution is 2.27. The van der Waals surface area contributed by atoms with Gasteiger partial charge in [-0.2, -0.15) is 0 Å². The summed E-state index contributed by atoms with van der Waals surface area (Å²) in [5, 5.41) is 0.325. The van der Waals surface area contributed by atoms with Crippen LogP contribution in [0.4, 0.5) is 14.5 Å². The summed E-state index contributed by atoms with van der Waals surface area (Å²) in [6.45, 7) is 0.285. The van der Waals surface area contributed by atoms with E-state index in [1.165, 1.54) is 24.3 Å². The number of halogens is 3. The Hall–Kier alpha value is -1.65. The molecule has 0 radical (unpaired) electrons. The van der Waals surface area contributed by atoms with Crippen molar-refractivity contribution in [3.8, 4) is 0 Å². The predicted molar refractivity (Wildman–Crippen MR) is 78.0 cm³/mol. The van der Waals surface area contributed by atoms with Crippen molar-refractivity contribution in [2.24, 2.45) is 5.73 Å². The van der Waals surface area contributed by atoms with Crippen LogP contribution in [0.2, 0.25) is 5.02 Å². The van der Waals surface area contributed by atoms with Crippen LogP contribution in [-0.4, -0.2) is 13.6 Å². The molecular weight excluding hydrogens is 282 g/mol. The van der Waals surface area contributed by atoms with Crippen LogP contribution in [0.15, 0.2) is 42.5 Å². The molecule has 1 unspecified atom stereocenters. The van der Waals surface area contributed by atoms with E-state index in [0.29, 0.717) is 10.6 Å². The lowest BCUT2D eigenvalue weighted by atomic mass is 10.0. The van der Waals surface area contributed by atoms with Crippen LogP contribution in [0.5, 0.6) is 0 Å². The molecule has 1 atom stereocenters. The van der Waals surface area contributed by atoms with E-state index in [2.05, 4.69) is 0 Å². The Kier molecular flexibility index (Phi) is 4.57. The van der Waals surface area contributed by atoms with Crippen molar-refractivity contribution in [3.05, 3.63) is 64.7 Å². The lowest BCUT2D eigenvalue weighted by molar-refractivity contribution is 0.614. The summed E-state index contributed by atoms with van der Waals surface area (Å²) in [4.78, 5) is 1.87. The molecule has 5 heteroatoms. The number of benzene rings is 2. The van der Waals surface area contributed by atoms with Gasteiger partial charge in [-0.05, 0) is 48.0 Å². The quantitative estimate of drug-likeness (QED) is 0.931. The van der Waals surface area contributed by atoms with Gasteiger partial charge in [0.15, 0.2) is 0 Å². The molecule has 20 heavy (non-hydrogen) atoms. The third-order valence-electron chi connectivity index (χ3n) is 3.19. The maximum Gasteiger partial charge on any atom is 0.125 e. The monoisotopic (exact) mass is 296 g/mol. The second kappa shape index (κ2) is 6.20. The molecule has 2 nitrogen and oxygen atoms in total. The van der Waals surface area contributed by atoms with Crippen LogP contribution in [0.1, 0.15) is 11.6 Å².